The summed E-state index contributed by atoms with van der Waals surface area (Å²) < 4.78 is 0. The largest absolute Gasteiger partial charge is 0.397 e. The highest BCUT2D eigenvalue weighted by Gasteiger charge is 2.24. The monoisotopic (exact) mass is 304 g/mol. The summed E-state index contributed by atoms with van der Waals surface area (Å²) in [4.78, 5) is 3.61. The van der Waals surface area contributed by atoms with Crippen LogP contribution in [0, 0.1) is 0 Å². The van der Waals surface area contributed by atoms with E-state index in [1.165, 1.54) is 10.5 Å². The SMILES string of the molecule is CN(CC1CSc2ccccc21)c1cc(Cl)ccc1N. The van der Waals surface area contributed by atoms with Crippen molar-refractivity contribution < 1.29 is 0 Å². The maximum absolute atomic E-state index is 6.07. The quantitative estimate of drug-likeness (QED) is 0.860. The summed E-state index contributed by atoms with van der Waals surface area (Å²) >= 11 is 8.01. The minimum absolute atomic E-state index is 0.541. The fourth-order valence-corrected chi connectivity index (χ4v) is 4.07. The molecule has 0 saturated heterocycles. The van der Waals surface area contributed by atoms with Crippen molar-refractivity contribution in [3.63, 3.8) is 0 Å². The van der Waals surface area contributed by atoms with Crippen LogP contribution in [-0.2, 0) is 0 Å². The summed E-state index contributed by atoms with van der Waals surface area (Å²) in [7, 11) is 2.08. The van der Waals surface area contributed by atoms with Crippen LogP contribution in [0.3, 0.4) is 0 Å². The molecule has 0 fully saturated rings. The van der Waals surface area contributed by atoms with Crippen molar-refractivity contribution in [1.82, 2.24) is 0 Å². The van der Waals surface area contributed by atoms with Crippen LogP contribution in [0.15, 0.2) is 47.4 Å². The normalized spacial score (nSPS) is 17.0. The molecule has 1 aliphatic heterocycles. The predicted molar refractivity (Wildman–Crippen MR) is 89.0 cm³/mol. The molecule has 2 aromatic rings. The molecule has 0 aromatic heterocycles. The molecular formula is C16H17ClN2S. The predicted octanol–water partition coefficient (Wildman–Crippen LogP) is 4.25. The highest BCUT2D eigenvalue weighted by molar-refractivity contribution is 7.99. The van der Waals surface area contributed by atoms with Crippen LogP contribution in [0.1, 0.15) is 11.5 Å². The van der Waals surface area contributed by atoms with Gasteiger partial charge in [0.1, 0.15) is 0 Å². The van der Waals surface area contributed by atoms with Crippen molar-refractivity contribution in [2.24, 2.45) is 0 Å². The molecule has 4 heteroatoms. The topological polar surface area (TPSA) is 29.3 Å². The third kappa shape index (κ3) is 2.60. The first-order valence-corrected chi connectivity index (χ1v) is 7.99. The van der Waals surface area contributed by atoms with Gasteiger partial charge in [-0.3, -0.25) is 0 Å². The molecule has 0 bridgehead atoms. The number of hydrogen-bond acceptors (Lipinski definition) is 3. The number of nitrogen functional groups attached to an aromatic ring is 1. The Balaban J connectivity index is 1.80. The van der Waals surface area contributed by atoms with Gasteiger partial charge in [0.05, 0.1) is 11.4 Å². The lowest BCUT2D eigenvalue weighted by molar-refractivity contribution is 0.745. The molecule has 0 saturated carbocycles. The fraction of sp³-hybridized carbons (Fsp3) is 0.250. The fourth-order valence-electron chi connectivity index (χ4n) is 2.66. The second-order valence-corrected chi connectivity index (χ2v) is 6.63. The molecule has 0 amide bonds. The van der Waals surface area contributed by atoms with Gasteiger partial charge in [-0.05, 0) is 29.8 Å². The Morgan fingerprint density at radius 3 is 2.95 bits per heavy atom. The number of benzene rings is 2. The van der Waals surface area contributed by atoms with Gasteiger partial charge >= 0.3 is 0 Å². The van der Waals surface area contributed by atoms with Crippen molar-refractivity contribution >= 4 is 34.7 Å². The van der Waals surface area contributed by atoms with Crippen LogP contribution in [0.25, 0.3) is 0 Å². The summed E-state index contributed by atoms with van der Waals surface area (Å²) in [5.41, 5.74) is 9.28. The van der Waals surface area contributed by atoms with Gasteiger partial charge in [0.25, 0.3) is 0 Å². The molecule has 0 radical (unpaired) electrons. The first-order chi connectivity index (χ1) is 9.65. The number of hydrogen-bond donors (Lipinski definition) is 1. The van der Waals surface area contributed by atoms with E-state index in [2.05, 4.69) is 36.2 Å². The van der Waals surface area contributed by atoms with Crippen LogP contribution >= 0.6 is 23.4 Å². The lowest BCUT2D eigenvalue weighted by atomic mass is 10.0. The van der Waals surface area contributed by atoms with Crippen LogP contribution in [-0.4, -0.2) is 19.3 Å². The van der Waals surface area contributed by atoms with Crippen LogP contribution in [0.4, 0.5) is 11.4 Å². The van der Waals surface area contributed by atoms with Crippen molar-refractivity contribution in [3.05, 3.63) is 53.1 Å². The average molecular weight is 305 g/mol. The summed E-state index contributed by atoms with van der Waals surface area (Å²) in [6.45, 7) is 0.953. The molecule has 3 rings (SSSR count). The average Bonchev–Trinajstić information content (AvgIpc) is 2.85. The number of thioether (sulfide) groups is 1. The number of anilines is 2. The first-order valence-electron chi connectivity index (χ1n) is 6.63. The lowest BCUT2D eigenvalue weighted by Gasteiger charge is -2.25. The van der Waals surface area contributed by atoms with Crippen LogP contribution < -0.4 is 10.6 Å². The Morgan fingerprint density at radius 2 is 2.10 bits per heavy atom. The third-order valence-electron chi connectivity index (χ3n) is 3.70. The molecule has 0 aliphatic carbocycles. The van der Waals surface area contributed by atoms with Gasteiger partial charge in [-0.1, -0.05) is 29.8 Å². The maximum Gasteiger partial charge on any atom is 0.0612 e. The number of likely N-dealkylation sites (N-methyl/N-ethyl adjacent to an activating group) is 1. The number of nitrogens with two attached hydrogens (primary N) is 1. The molecule has 1 unspecified atom stereocenters. The lowest BCUT2D eigenvalue weighted by Crippen LogP contribution is -2.25. The zero-order valence-electron chi connectivity index (χ0n) is 11.3. The number of halogens is 1. The molecular weight excluding hydrogens is 288 g/mol. The van der Waals surface area contributed by atoms with Crippen LogP contribution in [0.5, 0.6) is 0 Å². The molecule has 1 aliphatic rings. The van der Waals surface area contributed by atoms with Gasteiger partial charge in [-0.25, -0.2) is 0 Å². The highest BCUT2D eigenvalue weighted by Crippen LogP contribution is 2.40. The number of fused-ring (bicyclic) bond motifs is 1. The van der Waals surface area contributed by atoms with E-state index in [1.807, 2.05) is 30.0 Å². The van der Waals surface area contributed by atoms with Gasteiger partial charge in [-0.15, -0.1) is 11.8 Å². The standard InChI is InChI=1S/C16H17ClN2S/c1-19(15-8-12(17)6-7-14(15)18)9-11-10-20-16-5-3-2-4-13(11)16/h2-8,11H,9-10,18H2,1H3. The third-order valence-corrected chi connectivity index (χ3v) is 5.18. The van der Waals surface area contributed by atoms with Gasteiger partial charge in [0.2, 0.25) is 0 Å². The van der Waals surface area contributed by atoms with E-state index in [0.717, 1.165) is 28.7 Å². The van der Waals surface area contributed by atoms with Crippen LogP contribution in [0.2, 0.25) is 5.02 Å². The van der Waals surface area contributed by atoms with E-state index in [-0.39, 0.29) is 0 Å². The van der Waals surface area contributed by atoms with E-state index in [0.29, 0.717) is 5.92 Å². The molecule has 1 atom stereocenters. The number of rotatable bonds is 3. The van der Waals surface area contributed by atoms with E-state index in [1.54, 1.807) is 0 Å². The summed E-state index contributed by atoms with van der Waals surface area (Å²) in [6, 6.07) is 14.3. The zero-order chi connectivity index (χ0) is 14.1. The molecule has 20 heavy (non-hydrogen) atoms. The molecule has 1 heterocycles. The Labute approximate surface area is 128 Å². The van der Waals surface area contributed by atoms with Gasteiger partial charge in [0.15, 0.2) is 0 Å². The molecule has 2 nitrogen and oxygen atoms in total. The smallest absolute Gasteiger partial charge is 0.0612 e. The highest BCUT2D eigenvalue weighted by atomic mass is 35.5. The van der Waals surface area contributed by atoms with Gasteiger partial charge in [-0.2, -0.15) is 0 Å². The van der Waals surface area contributed by atoms with E-state index < -0.39 is 0 Å². The second-order valence-electron chi connectivity index (χ2n) is 5.13. The second kappa shape index (κ2) is 5.58. The molecule has 2 N–H and O–H groups in total. The van der Waals surface area contributed by atoms with Crippen molar-refractivity contribution in [2.45, 2.75) is 10.8 Å². The molecule has 2 aromatic carbocycles. The molecule has 104 valence electrons. The minimum atomic E-state index is 0.541. The molecule has 0 spiro atoms. The van der Waals surface area contributed by atoms with Crippen molar-refractivity contribution in [3.8, 4) is 0 Å². The van der Waals surface area contributed by atoms with E-state index in [9.17, 15) is 0 Å². The van der Waals surface area contributed by atoms with Crippen molar-refractivity contribution in [2.75, 3.05) is 30.0 Å². The summed E-state index contributed by atoms with van der Waals surface area (Å²) in [6.07, 6.45) is 0. The zero-order valence-corrected chi connectivity index (χ0v) is 12.9. The summed E-state index contributed by atoms with van der Waals surface area (Å²) in [5.74, 6) is 1.67. The minimum Gasteiger partial charge on any atom is -0.397 e. The number of nitrogens with zero attached hydrogens (tertiary/aromatic N) is 1. The van der Waals surface area contributed by atoms with E-state index >= 15 is 0 Å². The first kappa shape index (κ1) is 13.7. The van der Waals surface area contributed by atoms with Gasteiger partial charge < -0.3 is 10.6 Å². The summed E-state index contributed by atoms with van der Waals surface area (Å²) in [5, 5.41) is 0.724. The Kier molecular flexibility index (Phi) is 3.81. The maximum atomic E-state index is 6.07. The Bertz CT molecular complexity index is 630. The Morgan fingerprint density at radius 1 is 1.30 bits per heavy atom. The van der Waals surface area contributed by atoms with Crippen molar-refractivity contribution in [1.29, 1.82) is 0 Å². The van der Waals surface area contributed by atoms with Gasteiger partial charge in [0, 0.05) is 35.2 Å². The Hall–Kier alpha value is -1.32. The van der Waals surface area contributed by atoms with E-state index in [4.69, 9.17) is 17.3 Å².